The summed E-state index contributed by atoms with van der Waals surface area (Å²) in [7, 11) is -2.14. The number of anilines is 1. The van der Waals surface area contributed by atoms with Crippen LogP contribution in [-0.2, 0) is 14.8 Å². The van der Waals surface area contributed by atoms with E-state index in [2.05, 4.69) is 4.72 Å². The van der Waals surface area contributed by atoms with Gasteiger partial charge in [-0.05, 0) is 51.0 Å². The van der Waals surface area contributed by atoms with Crippen molar-refractivity contribution >= 4 is 15.7 Å². The minimum Gasteiger partial charge on any atom is -0.398 e. The summed E-state index contributed by atoms with van der Waals surface area (Å²) in [6.07, 6.45) is 0. The van der Waals surface area contributed by atoms with Gasteiger partial charge in [0, 0.05) is 7.11 Å². The fraction of sp³-hybridized carbons (Fsp3) is 0.538. The maximum atomic E-state index is 12.4. The topological polar surface area (TPSA) is 81.4 Å². The first kappa shape index (κ1) is 15.9. The molecular formula is C13H22N2O3S. The van der Waals surface area contributed by atoms with Crippen LogP contribution in [-0.4, -0.2) is 27.7 Å². The molecule has 0 aliphatic heterocycles. The molecule has 0 amide bonds. The van der Waals surface area contributed by atoms with Crippen molar-refractivity contribution in [1.82, 2.24) is 4.72 Å². The first-order chi connectivity index (χ1) is 8.59. The average Bonchev–Trinajstić information content (AvgIpc) is 2.21. The van der Waals surface area contributed by atoms with Gasteiger partial charge in [0.25, 0.3) is 0 Å². The Labute approximate surface area is 115 Å². The van der Waals surface area contributed by atoms with Gasteiger partial charge in [0.05, 0.1) is 17.8 Å². The van der Waals surface area contributed by atoms with Gasteiger partial charge in [0.2, 0.25) is 10.0 Å². The number of ether oxygens (including phenoxy) is 1. The number of nitrogens with one attached hydrogen (secondary N) is 1. The highest BCUT2D eigenvalue weighted by molar-refractivity contribution is 7.89. The van der Waals surface area contributed by atoms with Gasteiger partial charge in [-0.2, -0.15) is 0 Å². The lowest BCUT2D eigenvalue weighted by Crippen LogP contribution is -2.46. The van der Waals surface area contributed by atoms with Crippen molar-refractivity contribution in [2.24, 2.45) is 0 Å². The maximum absolute atomic E-state index is 12.4. The largest absolute Gasteiger partial charge is 0.398 e. The SMILES string of the molecule is COCC(C)(C)NS(=O)(=O)c1cc(C)c(C)cc1N. The number of benzene rings is 1. The number of sulfonamides is 1. The van der Waals surface area contributed by atoms with E-state index in [1.807, 2.05) is 13.8 Å². The number of nitrogens with two attached hydrogens (primary N) is 1. The molecule has 1 aromatic carbocycles. The van der Waals surface area contributed by atoms with Crippen molar-refractivity contribution in [2.75, 3.05) is 19.5 Å². The second-order valence-corrected chi connectivity index (χ2v) is 7.05. The lowest BCUT2D eigenvalue weighted by Gasteiger charge is -2.25. The highest BCUT2D eigenvalue weighted by Gasteiger charge is 2.27. The molecule has 0 heterocycles. The maximum Gasteiger partial charge on any atom is 0.243 e. The highest BCUT2D eigenvalue weighted by atomic mass is 32.2. The van der Waals surface area contributed by atoms with Gasteiger partial charge in [-0.3, -0.25) is 0 Å². The van der Waals surface area contributed by atoms with Gasteiger partial charge in [-0.25, -0.2) is 13.1 Å². The highest BCUT2D eigenvalue weighted by Crippen LogP contribution is 2.23. The second-order valence-electron chi connectivity index (χ2n) is 5.40. The Hall–Kier alpha value is -1.11. The van der Waals surface area contributed by atoms with Crippen LogP contribution in [0.3, 0.4) is 0 Å². The van der Waals surface area contributed by atoms with E-state index in [0.29, 0.717) is 0 Å². The van der Waals surface area contributed by atoms with Crippen molar-refractivity contribution in [1.29, 1.82) is 0 Å². The van der Waals surface area contributed by atoms with Crippen molar-refractivity contribution in [3.63, 3.8) is 0 Å². The van der Waals surface area contributed by atoms with Gasteiger partial charge in [-0.1, -0.05) is 0 Å². The van der Waals surface area contributed by atoms with Crippen molar-refractivity contribution < 1.29 is 13.2 Å². The zero-order valence-corrected chi connectivity index (χ0v) is 12.9. The zero-order chi connectivity index (χ0) is 14.8. The number of aryl methyl sites for hydroxylation is 2. The quantitative estimate of drug-likeness (QED) is 0.805. The Kier molecular flexibility index (Phi) is 4.60. The van der Waals surface area contributed by atoms with Crippen LogP contribution in [0.4, 0.5) is 5.69 Å². The predicted molar refractivity (Wildman–Crippen MR) is 76.6 cm³/mol. The monoisotopic (exact) mass is 286 g/mol. The van der Waals surface area contributed by atoms with Crippen LogP contribution in [0.2, 0.25) is 0 Å². The molecule has 0 unspecified atom stereocenters. The van der Waals surface area contributed by atoms with E-state index in [-0.39, 0.29) is 17.2 Å². The van der Waals surface area contributed by atoms with Crippen LogP contribution >= 0.6 is 0 Å². The van der Waals surface area contributed by atoms with Gasteiger partial charge >= 0.3 is 0 Å². The van der Waals surface area contributed by atoms with E-state index in [4.69, 9.17) is 10.5 Å². The molecule has 0 aromatic heterocycles. The second kappa shape index (κ2) is 5.48. The Balaban J connectivity index is 3.18. The Bertz CT molecular complexity index is 565. The molecular weight excluding hydrogens is 264 g/mol. The Morgan fingerprint density at radius 3 is 2.32 bits per heavy atom. The Morgan fingerprint density at radius 1 is 1.26 bits per heavy atom. The molecule has 0 radical (unpaired) electrons. The molecule has 0 aliphatic carbocycles. The van der Waals surface area contributed by atoms with Crippen LogP contribution in [0.15, 0.2) is 17.0 Å². The van der Waals surface area contributed by atoms with Crippen molar-refractivity contribution in [3.05, 3.63) is 23.3 Å². The lowest BCUT2D eigenvalue weighted by atomic mass is 10.1. The minimum atomic E-state index is -3.67. The van der Waals surface area contributed by atoms with E-state index in [0.717, 1.165) is 11.1 Å². The summed E-state index contributed by atoms with van der Waals surface area (Å²) in [4.78, 5) is 0.111. The lowest BCUT2D eigenvalue weighted by molar-refractivity contribution is 0.141. The van der Waals surface area contributed by atoms with Crippen molar-refractivity contribution in [3.8, 4) is 0 Å². The third-order valence-electron chi connectivity index (χ3n) is 2.83. The summed E-state index contributed by atoms with van der Waals surface area (Å²) in [5.41, 5.74) is 7.23. The van der Waals surface area contributed by atoms with Crippen LogP contribution in [0, 0.1) is 13.8 Å². The van der Waals surface area contributed by atoms with Crippen LogP contribution in [0.5, 0.6) is 0 Å². The third-order valence-corrected chi connectivity index (χ3v) is 4.59. The average molecular weight is 286 g/mol. The smallest absolute Gasteiger partial charge is 0.243 e. The van der Waals surface area contributed by atoms with Gasteiger partial charge in [-0.15, -0.1) is 0 Å². The minimum absolute atomic E-state index is 0.111. The molecule has 0 bridgehead atoms. The molecule has 1 rings (SSSR count). The summed E-state index contributed by atoms with van der Waals surface area (Å²) in [5.74, 6) is 0. The van der Waals surface area contributed by atoms with E-state index in [9.17, 15) is 8.42 Å². The molecule has 5 nitrogen and oxygen atoms in total. The predicted octanol–water partition coefficient (Wildman–Crippen LogP) is 1.59. The van der Waals surface area contributed by atoms with E-state index in [1.165, 1.54) is 7.11 Å². The molecule has 0 aliphatic rings. The number of rotatable bonds is 5. The molecule has 6 heteroatoms. The Morgan fingerprint density at radius 2 is 1.79 bits per heavy atom. The van der Waals surface area contributed by atoms with E-state index < -0.39 is 15.6 Å². The molecule has 19 heavy (non-hydrogen) atoms. The fourth-order valence-corrected chi connectivity index (χ4v) is 3.45. The molecule has 0 atom stereocenters. The number of hydrogen-bond acceptors (Lipinski definition) is 4. The van der Waals surface area contributed by atoms with Crippen molar-refractivity contribution in [2.45, 2.75) is 38.1 Å². The molecule has 0 spiro atoms. The summed E-state index contributed by atoms with van der Waals surface area (Å²) in [5, 5.41) is 0. The summed E-state index contributed by atoms with van der Waals surface area (Å²) >= 11 is 0. The third kappa shape index (κ3) is 3.92. The van der Waals surface area contributed by atoms with Crippen LogP contribution < -0.4 is 10.5 Å². The molecule has 1 aromatic rings. The summed E-state index contributed by atoms with van der Waals surface area (Å²) in [6.45, 7) is 7.53. The zero-order valence-electron chi connectivity index (χ0n) is 12.1. The molecule has 0 fully saturated rings. The molecule has 3 N–H and O–H groups in total. The summed E-state index contributed by atoms with van der Waals surface area (Å²) < 4.78 is 32.3. The van der Waals surface area contributed by atoms with E-state index in [1.54, 1.807) is 26.0 Å². The molecule has 0 saturated heterocycles. The van der Waals surface area contributed by atoms with Gasteiger partial charge in [0.15, 0.2) is 0 Å². The van der Waals surface area contributed by atoms with Crippen LogP contribution in [0.25, 0.3) is 0 Å². The number of hydrogen-bond donors (Lipinski definition) is 2. The first-order valence-electron chi connectivity index (χ1n) is 5.99. The summed E-state index contributed by atoms with van der Waals surface area (Å²) in [6, 6.07) is 3.27. The number of nitrogen functional groups attached to an aromatic ring is 1. The van der Waals surface area contributed by atoms with E-state index >= 15 is 0 Å². The normalized spacial score (nSPS) is 12.7. The molecule has 0 saturated carbocycles. The van der Waals surface area contributed by atoms with Crippen LogP contribution in [0.1, 0.15) is 25.0 Å². The molecule has 108 valence electrons. The standard InChI is InChI=1S/C13H22N2O3S/c1-9-6-11(14)12(7-10(9)2)19(16,17)15-13(3,4)8-18-5/h6-7,15H,8,14H2,1-5H3. The first-order valence-corrected chi connectivity index (χ1v) is 7.47. The van der Waals surface area contributed by atoms with Gasteiger partial charge in [0.1, 0.15) is 4.90 Å². The number of methoxy groups -OCH3 is 1. The fourth-order valence-electron chi connectivity index (χ4n) is 1.85. The van der Waals surface area contributed by atoms with Gasteiger partial charge < -0.3 is 10.5 Å².